The van der Waals surface area contributed by atoms with Crippen LogP contribution >= 0.6 is 11.6 Å². The molecule has 2 heterocycles. The summed E-state index contributed by atoms with van der Waals surface area (Å²) in [4.78, 5) is 34.7. The Balaban J connectivity index is 1.63. The van der Waals surface area contributed by atoms with Crippen LogP contribution in [0.3, 0.4) is 0 Å². The van der Waals surface area contributed by atoms with Crippen molar-refractivity contribution in [2.45, 2.75) is 26.2 Å². The van der Waals surface area contributed by atoms with E-state index < -0.39 is 5.69 Å². The highest BCUT2D eigenvalue weighted by Gasteiger charge is 2.25. The number of nitrogens with zero attached hydrogens (tertiary/aromatic N) is 4. The summed E-state index contributed by atoms with van der Waals surface area (Å²) in [6, 6.07) is 23.0. The van der Waals surface area contributed by atoms with E-state index in [9.17, 15) is 14.7 Å². The average Bonchev–Trinajstić information content (AvgIpc) is 3.03. The molecule has 8 heteroatoms. The number of halogens is 1. The molecule has 1 aliphatic rings. The number of para-hydroxylation sites is 1. The monoisotopic (exact) mass is 592 g/mol. The van der Waals surface area contributed by atoms with Crippen molar-refractivity contribution < 1.29 is 9.90 Å². The number of phenolic OH excluding ortho intramolecular Hbond substituents is 1. The first-order valence-corrected chi connectivity index (χ1v) is 14.9. The third-order valence-corrected chi connectivity index (χ3v) is 8.80. The predicted molar refractivity (Wildman–Crippen MR) is 175 cm³/mol. The van der Waals surface area contributed by atoms with E-state index in [4.69, 9.17) is 11.6 Å². The van der Waals surface area contributed by atoms with Gasteiger partial charge in [0.05, 0.1) is 11.2 Å². The second kappa shape index (κ2) is 11.6. The van der Waals surface area contributed by atoms with Gasteiger partial charge in [0.25, 0.3) is 0 Å². The van der Waals surface area contributed by atoms with Crippen molar-refractivity contribution in [1.29, 1.82) is 0 Å². The molecule has 1 atom stereocenters. The Morgan fingerprint density at radius 1 is 1.00 bits per heavy atom. The van der Waals surface area contributed by atoms with Gasteiger partial charge in [0.15, 0.2) is 0 Å². The van der Waals surface area contributed by atoms with E-state index in [1.54, 1.807) is 21.6 Å². The Labute approximate surface area is 255 Å². The zero-order valence-corrected chi connectivity index (χ0v) is 25.0. The van der Waals surface area contributed by atoms with Crippen molar-refractivity contribution in [3.63, 3.8) is 0 Å². The van der Waals surface area contributed by atoms with Crippen molar-refractivity contribution in [2.24, 2.45) is 0 Å². The molecule has 1 amide bonds. The molecule has 0 radical (unpaired) electrons. The number of benzene rings is 4. The van der Waals surface area contributed by atoms with Crippen molar-refractivity contribution in [1.82, 2.24) is 14.5 Å². The summed E-state index contributed by atoms with van der Waals surface area (Å²) < 4.78 is 1.68. The molecule has 4 aromatic carbocycles. The van der Waals surface area contributed by atoms with Crippen molar-refractivity contribution in [3.8, 4) is 22.6 Å². The molecule has 1 fully saturated rings. The molecule has 43 heavy (non-hydrogen) atoms. The summed E-state index contributed by atoms with van der Waals surface area (Å²) in [5.41, 5.74) is 3.58. The van der Waals surface area contributed by atoms with Crippen LogP contribution in [-0.4, -0.2) is 51.6 Å². The van der Waals surface area contributed by atoms with Gasteiger partial charge in [0.2, 0.25) is 5.91 Å². The highest BCUT2D eigenvalue weighted by Crippen LogP contribution is 2.40. The number of anilines is 1. The van der Waals surface area contributed by atoms with Crippen LogP contribution in [0.4, 0.5) is 5.82 Å². The van der Waals surface area contributed by atoms with Crippen LogP contribution in [0.1, 0.15) is 31.7 Å². The minimum Gasteiger partial charge on any atom is -0.508 e. The molecule has 0 aliphatic carbocycles. The molecule has 6 rings (SSSR count). The van der Waals surface area contributed by atoms with Gasteiger partial charge in [-0.3, -0.25) is 9.36 Å². The Morgan fingerprint density at radius 2 is 1.72 bits per heavy atom. The number of carbonyl (C=O) groups is 1. The summed E-state index contributed by atoms with van der Waals surface area (Å²) in [5, 5.41) is 13.7. The highest BCUT2D eigenvalue weighted by atomic mass is 35.5. The van der Waals surface area contributed by atoms with E-state index in [-0.39, 0.29) is 17.6 Å². The lowest BCUT2D eigenvalue weighted by Gasteiger charge is -2.35. The molecule has 0 saturated carbocycles. The lowest BCUT2D eigenvalue weighted by Crippen LogP contribution is -2.49. The molecule has 0 bridgehead atoms. The van der Waals surface area contributed by atoms with Gasteiger partial charge in [0.1, 0.15) is 11.6 Å². The smallest absolute Gasteiger partial charge is 0.354 e. The Hall–Kier alpha value is -4.62. The van der Waals surface area contributed by atoms with Gasteiger partial charge in [-0.25, -0.2) is 4.79 Å². The van der Waals surface area contributed by atoms with Gasteiger partial charge in [-0.15, -0.1) is 0 Å². The lowest BCUT2D eigenvalue weighted by atomic mass is 9.95. The van der Waals surface area contributed by atoms with Gasteiger partial charge in [0, 0.05) is 42.2 Å². The summed E-state index contributed by atoms with van der Waals surface area (Å²) in [6.07, 6.45) is 2.24. The van der Waals surface area contributed by atoms with E-state index >= 15 is 0 Å². The van der Waals surface area contributed by atoms with Crippen LogP contribution in [0.25, 0.3) is 38.5 Å². The molecular formula is C35H33ClN4O3. The second-order valence-electron chi connectivity index (χ2n) is 11.0. The van der Waals surface area contributed by atoms with Gasteiger partial charge < -0.3 is 14.9 Å². The number of aromatic nitrogens is 2. The molecule has 1 aliphatic heterocycles. The van der Waals surface area contributed by atoms with E-state index in [1.165, 1.54) is 6.08 Å². The topological polar surface area (TPSA) is 78.7 Å². The minimum absolute atomic E-state index is 0.111. The van der Waals surface area contributed by atoms with Gasteiger partial charge >= 0.3 is 5.69 Å². The van der Waals surface area contributed by atoms with Gasteiger partial charge in [-0.05, 0) is 70.6 Å². The number of rotatable bonds is 6. The third kappa shape index (κ3) is 5.14. The average molecular weight is 593 g/mol. The number of aromatic hydroxyl groups is 1. The number of carbonyl (C=O) groups excluding carboxylic acids is 1. The van der Waals surface area contributed by atoms with Crippen LogP contribution in [0, 0.1) is 0 Å². The summed E-state index contributed by atoms with van der Waals surface area (Å²) in [7, 11) is 0. The number of fused-ring (bicyclic) bond motifs is 2. The number of amides is 1. The van der Waals surface area contributed by atoms with Crippen LogP contribution in [0.15, 0.2) is 90.2 Å². The molecule has 0 unspecified atom stereocenters. The SMILES string of the molecule is C=CC(=O)N1CCN(c2nc(=O)n(-c3ccccc3[C@H](C)CC)c3cc(-c4cc(O)cc5ccccc45)c(Cl)cc23)CC1. The zero-order valence-electron chi connectivity index (χ0n) is 24.3. The Bertz CT molecular complexity index is 1940. The summed E-state index contributed by atoms with van der Waals surface area (Å²) in [5.74, 6) is 0.777. The Morgan fingerprint density at radius 3 is 2.47 bits per heavy atom. The first kappa shape index (κ1) is 28.5. The predicted octanol–water partition coefficient (Wildman–Crippen LogP) is 6.91. The lowest BCUT2D eigenvalue weighted by molar-refractivity contribution is -0.126. The second-order valence-corrected chi connectivity index (χ2v) is 11.4. The van der Waals surface area contributed by atoms with Crippen molar-refractivity contribution >= 4 is 45.0 Å². The fourth-order valence-electron chi connectivity index (χ4n) is 6.02. The maximum atomic E-state index is 14.1. The molecule has 218 valence electrons. The number of hydrogen-bond donors (Lipinski definition) is 1. The number of piperazine rings is 1. The zero-order chi connectivity index (χ0) is 30.2. The molecule has 7 nitrogen and oxygen atoms in total. The molecule has 0 spiro atoms. The molecular weight excluding hydrogens is 560 g/mol. The standard InChI is InChI=1S/C35H33ClN4O3/c1-4-22(3)25-11-8-9-13-31(25)40-32-21-28(27-19-24(41)18-23-10-6-7-12-26(23)27)30(36)20-29(32)34(37-35(40)43)39-16-14-38(15-17-39)33(42)5-2/h5-13,18-22,41H,2,4,14-17H2,1,3H3/t22-/m1/s1. The van der Waals surface area contributed by atoms with Crippen LogP contribution < -0.4 is 10.6 Å². The van der Waals surface area contributed by atoms with Crippen LogP contribution in [0.5, 0.6) is 5.75 Å². The molecule has 1 aromatic heterocycles. The van der Waals surface area contributed by atoms with Gasteiger partial charge in [-0.2, -0.15) is 4.98 Å². The highest BCUT2D eigenvalue weighted by molar-refractivity contribution is 6.35. The minimum atomic E-state index is -0.392. The van der Waals surface area contributed by atoms with E-state index in [0.717, 1.165) is 39.4 Å². The van der Waals surface area contributed by atoms with Crippen LogP contribution in [-0.2, 0) is 4.79 Å². The van der Waals surface area contributed by atoms with Crippen molar-refractivity contribution in [3.05, 3.63) is 107 Å². The fourth-order valence-corrected chi connectivity index (χ4v) is 6.29. The molecule has 1 N–H and O–H groups in total. The Kier molecular flexibility index (Phi) is 7.67. The summed E-state index contributed by atoms with van der Waals surface area (Å²) in [6.45, 7) is 9.92. The quantitative estimate of drug-likeness (QED) is 0.217. The first-order valence-electron chi connectivity index (χ1n) is 14.5. The normalized spacial score (nSPS) is 14.3. The van der Waals surface area contributed by atoms with Crippen molar-refractivity contribution in [2.75, 3.05) is 31.1 Å². The number of phenols is 1. The van der Waals surface area contributed by atoms with E-state index in [0.29, 0.717) is 48.1 Å². The van der Waals surface area contributed by atoms with E-state index in [2.05, 4.69) is 31.5 Å². The number of hydrogen-bond acceptors (Lipinski definition) is 5. The molecule has 1 saturated heterocycles. The van der Waals surface area contributed by atoms with E-state index in [1.807, 2.05) is 59.5 Å². The van der Waals surface area contributed by atoms with Crippen LogP contribution in [0.2, 0.25) is 5.02 Å². The largest absolute Gasteiger partial charge is 0.508 e. The maximum Gasteiger partial charge on any atom is 0.354 e. The maximum absolute atomic E-state index is 14.1. The summed E-state index contributed by atoms with van der Waals surface area (Å²) >= 11 is 7.05. The fraction of sp³-hybridized carbons (Fsp3) is 0.229. The third-order valence-electron chi connectivity index (χ3n) is 8.48. The first-order chi connectivity index (χ1) is 20.8. The molecule has 5 aromatic rings. The van der Waals surface area contributed by atoms with Gasteiger partial charge in [-0.1, -0.05) is 74.5 Å².